The fourth-order valence-electron chi connectivity index (χ4n) is 1.68. The first-order valence-electron chi connectivity index (χ1n) is 6.49. The summed E-state index contributed by atoms with van der Waals surface area (Å²) < 4.78 is 0. The molecule has 0 atom stereocenters. The molecule has 0 unspecified atom stereocenters. The highest BCUT2D eigenvalue weighted by molar-refractivity contribution is 5.89. The van der Waals surface area contributed by atoms with Crippen molar-refractivity contribution in [2.45, 2.75) is 19.8 Å². The van der Waals surface area contributed by atoms with Gasteiger partial charge in [-0.2, -0.15) is 0 Å². The van der Waals surface area contributed by atoms with E-state index in [1.54, 1.807) is 6.07 Å². The average molecular weight is 281 g/mol. The molecule has 20 heavy (non-hydrogen) atoms. The molecule has 0 aliphatic carbocycles. The molecule has 0 aliphatic heterocycles. The molecule has 0 bridgehead atoms. The van der Waals surface area contributed by atoms with Crippen molar-refractivity contribution in [3.63, 3.8) is 0 Å². The van der Waals surface area contributed by atoms with Crippen LogP contribution in [0.15, 0.2) is 24.3 Å². The Bertz CT molecular complexity index is 465. The number of urea groups is 1. The number of carbonyl (C=O) groups excluding carboxylic acids is 1. The normalized spacial score (nSPS) is 10.1. The van der Waals surface area contributed by atoms with Crippen molar-refractivity contribution in [1.82, 2.24) is 4.90 Å². The Morgan fingerprint density at radius 2 is 2.20 bits per heavy atom. The lowest BCUT2D eigenvalue weighted by Crippen LogP contribution is -2.37. The van der Waals surface area contributed by atoms with Crippen molar-refractivity contribution >= 4 is 17.4 Å². The Morgan fingerprint density at radius 3 is 2.80 bits per heavy atom. The first kappa shape index (κ1) is 15.9. The lowest BCUT2D eigenvalue weighted by atomic mass is 10.3. The lowest BCUT2D eigenvalue weighted by molar-refractivity contribution is -0.384. The SMILES string of the molecule is CCCCN(CCO)C(=O)Nc1cccc([N+](=O)[O-])c1. The van der Waals surface area contributed by atoms with Crippen LogP contribution in [0.4, 0.5) is 16.2 Å². The van der Waals surface area contributed by atoms with Crippen LogP contribution >= 0.6 is 0 Å². The van der Waals surface area contributed by atoms with Gasteiger partial charge < -0.3 is 15.3 Å². The van der Waals surface area contributed by atoms with E-state index in [-0.39, 0.29) is 24.9 Å². The maximum absolute atomic E-state index is 12.0. The quantitative estimate of drug-likeness (QED) is 0.591. The molecule has 110 valence electrons. The maximum atomic E-state index is 12.0. The molecule has 0 fully saturated rings. The first-order chi connectivity index (χ1) is 9.58. The Hall–Kier alpha value is -2.15. The Morgan fingerprint density at radius 1 is 1.45 bits per heavy atom. The molecule has 0 aliphatic rings. The van der Waals surface area contributed by atoms with E-state index < -0.39 is 4.92 Å². The smallest absolute Gasteiger partial charge is 0.321 e. The molecular weight excluding hydrogens is 262 g/mol. The molecule has 1 aromatic rings. The maximum Gasteiger partial charge on any atom is 0.321 e. The standard InChI is InChI=1S/C13H19N3O4/c1-2-3-7-15(8-9-17)13(18)14-11-5-4-6-12(10-11)16(19)20/h4-6,10,17H,2-3,7-9H2,1H3,(H,14,18). The molecule has 7 heteroatoms. The van der Waals surface area contributed by atoms with E-state index in [4.69, 9.17) is 5.11 Å². The number of anilines is 1. The van der Waals surface area contributed by atoms with Gasteiger partial charge in [-0.3, -0.25) is 10.1 Å². The van der Waals surface area contributed by atoms with E-state index in [9.17, 15) is 14.9 Å². The van der Waals surface area contributed by atoms with Gasteiger partial charge in [0.15, 0.2) is 0 Å². The topological polar surface area (TPSA) is 95.7 Å². The number of nitrogens with zero attached hydrogens (tertiary/aromatic N) is 2. The van der Waals surface area contributed by atoms with Gasteiger partial charge in [-0.05, 0) is 12.5 Å². The highest BCUT2D eigenvalue weighted by Crippen LogP contribution is 2.17. The number of carbonyl (C=O) groups is 1. The number of hydrogen-bond donors (Lipinski definition) is 2. The monoisotopic (exact) mass is 281 g/mol. The highest BCUT2D eigenvalue weighted by Gasteiger charge is 2.14. The summed E-state index contributed by atoms with van der Waals surface area (Å²) in [6.07, 6.45) is 1.77. The first-order valence-corrected chi connectivity index (χ1v) is 6.49. The number of hydrogen-bond acceptors (Lipinski definition) is 4. The van der Waals surface area contributed by atoms with Crippen LogP contribution in [0.2, 0.25) is 0 Å². The summed E-state index contributed by atoms with van der Waals surface area (Å²) in [5.41, 5.74) is 0.286. The molecular formula is C13H19N3O4. The minimum absolute atomic E-state index is 0.0786. The van der Waals surface area contributed by atoms with Crippen molar-refractivity contribution in [2.24, 2.45) is 0 Å². The number of nitro groups is 1. The van der Waals surface area contributed by atoms with Crippen LogP contribution in [0.1, 0.15) is 19.8 Å². The second-order valence-electron chi connectivity index (χ2n) is 4.30. The zero-order valence-electron chi connectivity index (χ0n) is 11.4. The van der Waals surface area contributed by atoms with E-state index in [2.05, 4.69) is 5.32 Å². The largest absolute Gasteiger partial charge is 0.395 e. The summed E-state index contributed by atoms with van der Waals surface area (Å²) in [7, 11) is 0. The van der Waals surface area contributed by atoms with E-state index in [1.165, 1.54) is 23.1 Å². The van der Waals surface area contributed by atoms with Gasteiger partial charge in [-0.15, -0.1) is 0 Å². The van der Waals surface area contributed by atoms with Gasteiger partial charge in [0.2, 0.25) is 0 Å². The van der Waals surface area contributed by atoms with Crippen LogP contribution in [0.3, 0.4) is 0 Å². The van der Waals surface area contributed by atoms with E-state index in [0.29, 0.717) is 12.2 Å². The summed E-state index contributed by atoms with van der Waals surface area (Å²) in [6, 6.07) is 5.39. The van der Waals surface area contributed by atoms with Crippen molar-refractivity contribution < 1.29 is 14.8 Å². The lowest BCUT2D eigenvalue weighted by Gasteiger charge is -2.21. The molecule has 0 saturated heterocycles. The Balaban J connectivity index is 2.71. The summed E-state index contributed by atoms with van der Waals surface area (Å²) in [6.45, 7) is 2.67. The van der Waals surface area contributed by atoms with Gasteiger partial charge >= 0.3 is 6.03 Å². The molecule has 0 saturated carbocycles. The molecule has 0 spiro atoms. The third-order valence-electron chi connectivity index (χ3n) is 2.75. The summed E-state index contributed by atoms with van der Waals surface area (Å²) in [5.74, 6) is 0. The van der Waals surface area contributed by atoms with E-state index >= 15 is 0 Å². The van der Waals surface area contributed by atoms with Crippen LogP contribution in [0.5, 0.6) is 0 Å². The highest BCUT2D eigenvalue weighted by atomic mass is 16.6. The number of unbranched alkanes of at least 4 members (excludes halogenated alkanes) is 1. The third kappa shape index (κ3) is 4.85. The molecule has 7 nitrogen and oxygen atoms in total. The van der Waals surface area contributed by atoms with Gasteiger partial charge in [-0.25, -0.2) is 4.79 Å². The zero-order chi connectivity index (χ0) is 15.0. The fourth-order valence-corrected chi connectivity index (χ4v) is 1.68. The molecule has 1 rings (SSSR count). The van der Waals surface area contributed by atoms with Crippen LogP contribution in [-0.2, 0) is 0 Å². The minimum atomic E-state index is -0.516. The number of amides is 2. The Kier molecular flexibility index (Phi) is 6.45. The summed E-state index contributed by atoms with van der Waals surface area (Å²) in [4.78, 5) is 23.7. The van der Waals surface area contributed by atoms with Crippen molar-refractivity contribution in [2.75, 3.05) is 25.0 Å². The Labute approximate surface area is 117 Å². The van der Waals surface area contributed by atoms with Gasteiger partial charge in [0.25, 0.3) is 5.69 Å². The van der Waals surface area contributed by atoms with E-state index in [0.717, 1.165) is 12.8 Å². The number of rotatable bonds is 7. The number of non-ortho nitro benzene ring substituents is 1. The van der Waals surface area contributed by atoms with Gasteiger partial charge in [-0.1, -0.05) is 19.4 Å². The number of aliphatic hydroxyl groups is 1. The van der Waals surface area contributed by atoms with Gasteiger partial charge in [0.1, 0.15) is 0 Å². The fraction of sp³-hybridized carbons (Fsp3) is 0.462. The molecule has 2 amide bonds. The van der Waals surface area contributed by atoms with Crippen LogP contribution < -0.4 is 5.32 Å². The molecule has 1 aromatic carbocycles. The third-order valence-corrected chi connectivity index (χ3v) is 2.75. The van der Waals surface area contributed by atoms with Crippen LogP contribution in [0.25, 0.3) is 0 Å². The number of nitro benzene ring substituents is 1. The predicted octanol–water partition coefficient (Wildman–Crippen LogP) is 2.22. The second-order valence-corrected chi connectivity index (χ2v) is 4.30. The number of benzene rings is 1. The second kappa shape index (κ2) is 8.11. The average Bonchev–Trinajstić information content (AvgIpc) is 2.43. The summed E-state index contributed by atoms with van der Waals surface area (Å²) in [5, 5.41) is 22.2. The molecule has 0 heterocycles. The van der Waals surface area contributed by atoms with Crippen LogP contribution in [-0.4, -0.2) is 40.7 Å². The minimum Gasteiger partial charge on any atom is -0.395 e. The zero-order valence-corrected chi connectivity index (χ0v) is 11.4. The molecule has 0 aromatic heterocycles. The van der Waals surface area contributed by atoms with Crippen molar-refractivity contribution in [3.05, 3.63) is 34.4 Å². The number of aliphatic hydroxyl groups excluding tert-OH is 1. The van der Waals surface area contributed by atoms with Crippen LogP contribution in [0, 0.1) is 10.1 Å². The predicted molar refractivity (Wildman–Crippen MR) is 75.7 cm³/mol. The summed E-state index contributed by atoms with van der Waals surface area (Å²) >= 11 is 0. The molecule has 0 radical (unpaired) electrons. The van der Waals surface area contributed by atoms with Crippen molar-refractivity contribution in [1.29, 1.82) is 0 Å². The van der Waals surface area contributed by atoms with Gasteiger partial charge in [0, 0.05) is 30.9 Å². The van der Waals surface area contributed by atoms with Gasteiger partial charge in [0.05, 0.1) is 11.5 Å². The van der Waals surface area contributed by atoms with Crippen molar-refractivity contribution in [3.8, 4) is 0 Å². The molecule has 2 N–H and O–H groups in total. The number of nitrogens with one attached hydrogen (secondary N) is 1. The van der Waals surface area contributed by atoms with E-state index in [1.807, 2.05) is 6.92 Å².